The van der Waals surface area contributed by atoms with Gasteiger partial charge in [-0.05, 0) is 25.0 Å². The summed E-state index contributed by atoms with van der Waals surface area (Å²) in [6, 6.07) is 0. The van der Waals surface area contributed by atoms with Gasteiger partial charge in [0.2, 0.25) is 5.91 Å². The van der Waals surface area contributed by atoms with Crippen molar-refractivity contribution in [1.82, 2.24) is 5.32 Å². The van der Waals surface area contributed by atoms with Crippen LogP contribution in [0.15, 0.2) is 0 Å². The first-order valence-electron chi connectivity index (χ1n) is 5.96. The van der Waals surface area contributed by atoms with Crippen LogP contribution in [0.25, 0.3) is 0 Å². The zero-order valence-corrected chi connectivity index (χ0v) is 12.4. The molecule has 1 saturated heterocycles. The van der Waals surface area contributed by atoms with Crippen LogP contribution in [0.3, 0.4) is 0 Å². The van der Waals surface area contributed by atoms with Gasteiger partial charge >= 0.3 is 0 Å². The first-order chi connectivity index (χ1) is 8.26. The molecule has 106 valence electrons. The highest BCUT2D eigenvalue weighted by Gasteiger charge is 2.39. The maximum atomic E-state index is 11.7. The highest BCUT2D eigenvalue weighted by Crippen LogP contribution is 2.23. The number of thioether (sulfide) groups is 1. The van der Waals surface area contributed by atoms with Crippen LogP contribution in [0, 0.1) is 5.92 Å². The van der Waals surface area contributed by atoms with Crippen LogP contribution in [0.1, 0.15) is 20.3 Å². The minimum Gasteiger partial charge on any atom is -0.396 e. The van der Waals surface area contributed by atoms with Crippen LogP contribution < -0.4 is 5.32 Å². The zero-order chi connectivity index (χ0) is 13.8. The third-order valence-electron chi connectivity index (χ3n) is 2.89. The van der Waals surface area contributed by atoms with E-state index in [4.69, 9.17) is 5.11 Å². The first-order valence-corrected chi connectivity index (χ1v) is 8.94. The second-order valence-electron chi connectivity index (χ2n) is 5.25. The summed E-state index contributed by atoms with van der Waals surface area (Å²) in [5.74, 6) is 1.25. The van der Waals surface area contributed by atoms with E-state index in [1.807, 2.05) is 6.92 Å². The van der Waals surface area contributed by atoms with Crippen molar-refractivity contribution in [2.45, 2.75) is 25.8 Å². The van der Waals surface area contributed by atoms with Crippen molar-refractivity contribution in [2.75, 3.05) is 29.6 Å². The molecule has 18 heavy (non-hydrogen) atoms. The lowest BCUT2D eigenvalue weighted by molar-refractivity contribution is -0.120. The number of aliphatic hydroxyl groups excluding tert-OH is 1. The number of nitrogens with one attached hydrogen (secondary N) is 1. The molecule has 2 atom stereocenters. The van der Waals surface area contributed by atoms with Gasteiger partial charge in [-0.3, -0.25) is 4.79 Å². The Morgan fingerprint density at radius 3 is 2.72 bits per heavy atom. The lowest BCUT2D eigenvalue weighted by Crippen LogP contribution is -2.47. The van der Waals surface area contributed by atoms with Crippen LogP contribution in [0.5, 0.6) is 0 Å². The second-order valence-corrected chi connectivity index (χ2v) is 8.47. The standard InChI is InChI=1S/C11H21NO4S2/c1-9(5-13)6-17-7-10(14)12-11(2)3-4-18(15,16)8-11/h9,13H,3-8H2,1-2H3,(H,12,14). The topological polar surface area (TPSA) is 83.5 Å². The Balaban J connectivity index is 2.32. The molecular formula is C11H21NO4S2. The van der Waals surface area contributed by atoms with E-state index in [2.05, 4.69) is 5.32 Å². The lowest BCUT2D eigenvalue weighted by atomic mass is 10.0. The van der Waals surface area contributed by atoms with E-state index in [0.29, 0.717) is 12.2 Å². The van der Waals surface area contributed by atoms with Gasteiger partial charge in [-0.2, -0.15) is 11.8 Å². The van der Waals surface area contributed by atoms with E-state index in [1.165, 1.54) is 11.8 Å². The minimum absolute atomic E-state index is 0.0312. The maximum Gasteiger partial charge on any atom is 0.230 e. The van der Waals surface area contributed by atoms with Crippen molar-refractivity contribution in [1.29, 1.82) is 0 Å². The molecule has 5 nitrogen and oxygen atoms in total. The lowest BCUT2D eigenvalue weighted by Gasteiger charge is -2.23. The van der Waals surface area contributed by atoms with Crippen molar-refractivity contribution >= 4 is 27.5 Å². The van der Waals surface area contributed by atoms with Crippen LogP contribution in [-0.4, -0.2) is 54.6 Å². The molecule has 0 aromatic rings. The molecule has 0 bridgehead atoms. The van der Waals surface area contributed by atoms with Gasteiger partial charge in [0.1, 0.15) is 0 Å². The number of carbonyl (C=O) groups excluding carboxylic acids is 1. The molecule has 0 saturated carbocycles. The fourth-order valence-corrected chi connectivity index (χ4v) is 4.86. The molecule has 0 aliphatic carbocycles. The van der Waals surface area contributed by atoms with Crippen LogP contribution in [0.2, 0.25) is 0 Å². The van der Waals surface area contributed by atoms with Crippen molar-refractivity contribution in [3.8, 4) is 0 Å². The highest BCUT2D eigenvalue weighted by molar-refractivity contribution is 7.99. The average Bonchev–Trinajstić information content (AvgIpc) is 2.52. The summed E-state index contributed by atoms with van der Waals surface area (Å²) in [7, 11) is -2.99. The van der Waals surface area contributed by atoms with Gasteiger partial charge in [-0.25, -0.2) is 8.42 Å². The smallest absolute Gasteiger partial charge is 0.230 e. The normalized spacial score (nSPS) is 27.9. The number of sulfone groups is 1. The number of carbonyl (C=O) groups is 1. The van der Waals surface area contributed by atoms with Crippen molar-refractivity contribution in [2.24, 2.45) is 5.92 Å². The van der Waals surface area contributed by atoms with E-state index in [0.717, 1.165) is 5.75 Å². The Morgan fingerprint density at radius 2 is 2.22 bits per heavy atom. The SMILES string of the molecule is CC(CO)CSCC(=O)NC1(C)CCS(=O)(=O)C1. The van der Waals surface area contributed by atoms with Crippen molar-refractivity contribution in [3.05, 3.63) is 0 Å². The van der Waals surface area contributed by atoms with Gasteiger partial charge in [0.05, 0.1) is 22.8 Å². The highest BCUT2D eigenvalue weighted by atomic mass is 32.2. The van der Waals surface area contributed by atoms with Gasteiger partial charge in [0.15, 0.2) is 9.84 Å². The predicted molar refractivity (Wildman–Crippen MR) is 73.4 cm³/mol. The zero-order valence-electron chi connectivity index (χ0n) is 10.8. The maximum absolute atomic E-state index is 11.7. The van der Waals surface area contributed by atoms with Gasteiger partial charge in [-0.15, -0.1) is 0 Å². The van der Waals surface area contributed by atoms with Crippen LogP contribution >= 0.6 is 11.8 Å². The molecule has 0 spiro atoms. The molecule has 0 radical (unpaired) electrons. The molecule has 7 heteroatoms. The van der Waals surface area contributed by atoms with E-state index in [9.17, 15) is 13.2 Å². The summed E-state index contributed by atoms with van der Waals surface area (Å²) < 4.78 is 22.8. The number of hydrogen-bond donors (Lipinski definition) is 2. The van der Waals surface area contributed by atoms with E-state index >= 15 is 0 Å². The molecule has 0 aromatic heterocycles. The molecule has 1 amide bonds. The summed E-state index contributed by atoms with van der Waals surface area (Å²) in [4.78, 5) is 11.7. The van der Waals surface area contributed by atoms with Gasteiger partial charge in [-0.1, -0.05) is 6.92 Å². The second kappa shape index (κ2) is 6.25. The molecule has 1 fully saturated rings. The third kappa shape index (κ3) is 5.16. The molecule has 0 aromatic carbocycles. The largest absolute Gasteiger partial charge is 0.396 e. The van der Waals surface area contributed by atoms with Crippen LogP contribution in [-0.2, 0) is 14.6 Å². The van der Waals surface area contributed by atoms with Gasteiger partial charge in [0, 0.05) is 6.61 Å². The fourth-order valence-electron chi connectivity index (χ4n) is 1.89. The Bertz CT molecular complexity index is 396. The van der Waals surface area contributed by atoms with Crippen molar-refractivity contribution in [3.63, 3.8) is 0 Å². The minimum atomic E-state index is -2.99. The first kappa shape index (κ1) is 15.8. The average molecular weight is 295 g/mol. The van der Waals surface area contributed by atoms with E-state index < -0.39 is 15.4 Å². The molecule has 1 rings (SSSR count). The third-order valence-corrected chi connectivity index (χ3v) is 6.07. The molecule has 2 unspecified atom stereocenters. The summed E-state index contributed by atoms with van der Waals surface area (Å²) in [5.41, 5.74) is -0.612. The molecule has 2 N–H and O–H groups in total. The Labute approximate surface area is 113 Å². The quantitative estimate of drug-likeness (QED) is 0.723. The van der Waals surface area contributed by atoms with E-state index in [-0.39, 0.29) is 29.9 Å². The molecule has 1 heterocycles. The Kier molecular flexibility index (Phi) is 5.48. The Hall–Kier alpha value is -0.270. The molecule has 1 aliphatic rings. The summed E-state index contributed by atoms with van der Waals surface area (Å²) in [6.07, 6.45) is 0.485. The number of amides is 1. The monoisotopic (exact) mass is 295 g/mol. The van der Waals surface area contributed by atoms with E-state index in [1.54, 1.807) is 6.92 Å². The molecular weight excluding hydrogens is 274 g/mol. The van der Waals surface area contributed by atoms with Gasteiger partial charge in [0.25, 0.3) is 0 Å². The Morgan fingerprint density at radius 1 is 1.56 bits per heavy atom. The predicted octanol–water partition coefficient (Wildman–Crippen LogP) is 0.0414. The fraction of sp³-hybridized carbons (Fsp3) is 0.909. The number of rotatable bonds is 6. The van der Waals surface area contributed by atoms with Crippen LogP contribution in [0.4, 0.5) is 0 Å². The molecule has 1 aliphatic heterocycles. The number of aliphatic hydroxyl groups is 1. The summed E-state index contributed by atoms with van der Waals surface area (Å²) >= 11 is 1.45. The van der Waals surface area contributed by atoms with Crippen molar-refractivity contribution < 1.29 is 18.3 Å². The summed E-state index contributed by atoms with van der Waals surface area (Å²) in [5, 5.41) is 11.6. The summed E-state index contributed by atoms with van der Waals surface area (Å²) in [6.45, 7) is 3.80. The number of hydrogen-bond acceptors (Lipinski definition) is 5. The van der Waals surface area contributed by atoms with Gasteiger partial charge < -0.3 is 10.4 Å².